The standard InChI is InChI=1S/C14H21NO/c1-11-7-15(8-12(11)2)9-13-3-5-14(10-16)6-4-13/h3-6,11-12,16H,7-10H2,1-2H3. The van der Waals surface area contributed by atoms with Gasteiger partial charge in [0.05, 0.1) is 6.61 Å². The lowest BCUT2D eigenvalue weighted by Gasteiger charge is -2.15. The summed E-state index contributed by atoms with van der Waals surface area (Å²) in [6.07, 6.45) is 0. The van der Waals surface area contributed by atoms with Crippen molar-refractivity contribution < 1.29 is 5.11 Å². The minimum atomic E-state index is 0.137. The molecule has 1 N–H and O–H groups in total. The van der Waals surface area contributed by atoms with Crippen LogP contribution in [0.4, 0.5) is 0 Å². The molecule has 0 bridgehead atoms. The average Bonchev–Trinajstić information content (AvgIpc) is 2.59. The molecule has 2 atom stereocenters. The molecule has 16 heavy (non-hydrogen) atoms. The van der Waals surface area contributed by atoms with Crippen molar-refractivity contribution in [1.82, 2.24) is 4.90 Å². The van der Waals surface area contributed by atoms with Crippen molar-refractivity contribution in [2.75, 3.05) is 13.1 Å². The summed E-state index contributed by atoms with van der Waals surface area (Å²) in [6, 6.07) is 8.27. The highest BCUT2D eigenvalue weighted by atomic mass is 16.3. The maximum atomic E-state index is 8.97. The van der Waals surface area contributed by atoms with Crippen LogP contribution >= 0.6 is 0 Å². The Morgan fingerprint density at radius 3 is 2.06 bits per heavy atom. The van der Waals surface area contributed by atoms with Gasteiger partial charge in [0, 0.05) is 19.6 Å². The molecule has 0 spiro atoms. The Bertz CT molecular complexity index is 323. The maximum absolute atomic E-state index is 8.97. The lowest BCUT2D eigenvalue weighted by molar-refractivity contribution is 0.281. The molecule has 88 valence electrons. The van der Waals surface area contributed by atoms with Gasteiger partial charge >= 0.3 is 0 Å². The molecule has 0 aliphatic carbocycles. The van der Waals surface area contributed by atoms with Gasteiger partial charge in [0.1, 0.15) is 0 Å². The molecule has 1 aromatic carbocycles. The van der Waals surface area contributed by atoms with Gasteiger partial charge in [-0.3, -0.25) is 4.90 Å². The molecule has 1 fully saturated rings. The molecule has 1 aliphatic heterocycles. The average molecular weight is 219 g/mol. The molecule has 1 aliphatic rings. The summed E-state index contributed by atoms with van der Waals surface area (Å²) < 4.78 is 0. The van der Waals surface area contributed by atoms with E-state index in [1.54, 1.807) is 0 Å². The Morgan fingerprint density at radius 1 is 1.06 bits per heavy atom. The number of nitrogens with zero attached hydrogens (tertiary/aromatic N) is 1. The van der Waals surface area contributed by atoms with Crippen LogP contribution in [0.1, 0.15) is 25.0 Å². The molecule has 0 radical (unpaired) electrons. The summed E-state index contributed by atoms with van der Waals surface area (Å²) in [6.45, 7) is 8.27. The molecule has 2 heteroatoms. The van der Waals surface area contributed by atoms with E-state index in [1.165, 1.54) is 18.7 Å². The smallest absolute Gasteiger partial charge is 0.0681 e. The Kier molecular flexibility index (Phi) is 3.62. The van der Waals surface area contributed by atoms with Gasteiger partial charge in [0.15, 0.2) is 0 Å². The summed E-state index contributed by atoms with van der Waals surface area (Å²) in [7, 11) is 0. The van der Waals surface area contributed by atoms with Gasteiger partial charge < -0.3 is 5.11 Å². The molecule has 1 aromatic rings. The normalized spacial score (nSPS) is 26.2. The fraction of sp³-hybridized carbons (Fsp3) is 0.571. The highest BCUT2D eigenvalue weighted by molar-refractivity contribution is 5.22. The molecule has 0 amide bonds. The van der Waals surface area contributed by atoms with Crippen LogP contribution in [0.25, 0.3) is 0 Å². The number of aliphatic hydroxyl groups is 1. The molecular weight excluding hydrogens is 198 g/mol. The van der Waals surface area contributed by atoms with Crippen molar-refractivity contribution in [1.29, 1.82) is 0 Å². The van der Waals surface area contributed by atoms with Crippen molar-refractivity contribution in [2.45, 2.75) is 27.0 Å². The van der Waals surface area contributed by atoms with Crippen LogP contribution in [-0.2, 0) is 13.2 Å². The van der Waals surface area contributed by atoms with Gasteiger partial charge in [-0.05, 0) is 23.0 Å². The van der Waals surface area contributed by atoms with Gasteiger partial charge in [-0.15, -0.1) is 0 Å². The van der Waals surface area contributed by atoms with Crippen molar-refractivity contribution in [3.8, 4) is 0 Å². The largest absolute Gasteiger partial charge is 0.392 e. The van der Waals surface area contributed by atoms with Gasteiger partial charge in [-0.1, -0.05) is 38.1 Å². The summed E-state index contributed by atoms with van der Waals surface area (Å²) in [5, 5.41) is 8.97. The predicted octanol–water partition coefficient (Wildman–Crippen LogP) is 2.27. The Labute approximate surface area is 97.9 Å². The first-order chi connectivity index (χ1) is 7.69. The van der Waals surface area contributed by atoms with Crippen molar-refractivity contribution in [3.63, 3.8) is 0 Å². The molecule has 2 rings (SSSR count). The first kappa shape index (κ1) is 11.6. The fourth-order valence-electron chi connectivity index (χ4n) is 2.39. The molecule has 1 heterocycles. The van der Waals surface area contributed by atoms with E-state index in [0.717, 1.165) is 23.9 Å². The van der Waals surface area contributed by atoms with E-state index in [4.69, 9.17) is 5.11 Å². The van der Waals surface area contributed by atoms with Gasteiger partial charge in [0.2, 0.25) is 0 Å². The first-order valence-corrected chi connectivity index (χ1v) is 6.10. The van der Waals surface area contributed by atoms with Crippen molar-refractivity contribution in [2.24, 2.45) is 11.8 Å². The SMILES string of the molecule is CC1CN(Cc2ccc(CO)cc2)CC1C. The number of likely N-dealkylation sites (tertiary alicyclic amines) is 1. The van der Waals surface area contributed by atoms with Gasteiger partial charge in [-0.25, -0.2) is 0 Å². The number of rotatable bonds is 3. The van der Waals surface area contributed by atoms with Crippen LogP contribution in [0.15, 0.2) is 24.3 Å². The zero-order valence-corrected chi connectivity index (χ0v) is 10.2. The van der Waals surface area contributed by atoms with E-state index >= 15 is 0 Å². The quantitative estimate of drug-likeness (QED) is 0.843. The summed E-state index contributed by atoms with van der Waals surface area (Å²) >= 11 is 0. The second-order valence-corrected chi connectivity index (χ2v) is 5.12. The zero-order valence-electron chi connectivity index (χ0n) is 10.2. The second kappa shape index (κ2) is 4.98. The van der Waals surface area contributed by atoms with Crippen LogP contribution in [0.5, 0.6) is 0 Å². The van der Waals surface area contributed by atoms with Crippen LogP contribution in [-0.4, -0.2) is 23.1 Å². The third-order valence-corrected chi connectivity index (χ3v) is 3.68. The first-order valence-electron chi connectivity index (χ1n) is 6.10. The van der Waals surface area contributed by atoms with Crippen molar-refractivity contribution in [3.05, 3.63) is 35.4 Å². The fourth-order valence-corrected chi connectivity index (χ4v) is 2.39. The maximum Gasteiger partial charge on any atom is 0.0681 e. The second-order valence-electron chi connectivity index (χ2n) is 5.12. The minimum absolute atomic E-state index is 0.137. The minimum Gasteiger partial charge on any atom is -0.392 e. The highest BCUT2D eigenvalue weighted by Gasteiger charge is 2.25. The lowest BCUT2D eigenvalue weighted by atomic mass is 10.0. The van der Waals surface area contributed by atoms with E-state index in [1.807, 2.05) is 12.1 Å². The Morgan fingerprint density at radius 2 is 1.56 bits per heavy atom. The third-order valence-electron chi connectivity index (χ3n) is 3.68. The molecule has 2 nitrogen and oxygen atoms in total. The van der Waals surface area contributed by atoms with Crippen LogP contribution in [0.2, 0.25) is 0 Å². The molecule has 0 saturated carbocycles. The monoisotopic (exact) mass is 219 g/mol. The number of hydrogen-bond donors (Lipinski definition) is 1. The van der Waals surface area contributed by atoms with E-state index in [2.05, 4.69) is 30.9 Å². The summed E-state index contributed by atoms with van der Waals surface area (Å²) in [5.41, 5.74) is 2.34. The van der Waals surface area contributed by atoms with E-state index in [9.17, 15) is 0 Å². The summed E-state index contributed by atoms with van der Waals surface area (Å²) in [5.74, 6) is 1.63. The number of hydrogen-bond acceptors (Lipinski definition) is 2. The highest BCUT2D eigenvalue weighted by Crippen LogP contribution is 2.23. The van der Waals surface area contributed by atoms with Gasteiger partial charge in [-0.2, -0.15) is 0 Å². The lowest BCUT2D eigenvalue weighted by Crippen LogP contribution is -2.19. The third kappa shape index (κ3) is 2.63. The predicted molar refractivity (Wildman–Crippen MR) is 66.0 cm³/mol. The molecule has 2 unspecified atom stereocenters. The van der Waals surface area contributed by atoms with E-state index in [-0.39, 0.29) is 6.61 Å². The summed E-state index contributed by atoms with van der Waals surface area (Å²) in [4.78, 5) is 2.52. The zero-order chi connectivity index (χ0) is 11.5. The van der Waals surface area contributed by atoms with Crippen LogP contribution < -0.4 is 0 Å². The number of aliphatic hydroxyl groups excluding tert-OH is 1. The molecular formula is C14H21NO. The Hall–Kier alpha value is -0.860. The van der Waals surface area contributed by atoms with Crippen LogP contribution in [0, 0.1) is 11.8 Å². The molecule has 0 aromatic heterocycles. The topological polar surface area (TPSA) is 23.5 Å². The van der Waals surface area contributed by atoms with Gasteiger partial charge in [0.25, 0.3) is 0 Å². The van der Waals surface area contributed by atoms with E-state index < -0.39 is 0 Å². The number of benzene rings is 1. The van der Waals surface area contributed by atoms with Crippen LogP contribution in [0.3, 0.4) is 0 Å². The Balaban J connectivity index is 1.94. The molecule has 1 saturated heterocycles. The van der Waals surface area contributed by atoms with E-state index in [0.29, 0.717) is 0 Å². The van der Waals surface area contributed by atoms with Crippen molar-refractivity contribution >= 4 is 0 Å².